The van der Waals surface area contributed by atoms with Crippen LogP contribution in [0.2, 0.25) is 0 Å². The Bertz CT molecular complexity index is 349. The Labute approximate surface area is 124 Å². The molecule has 0 aromatic heterocycles. The van der Waals surface area contributed by atoms with Crippen molar-refractivity contribution in [3.05, 3.63) is 29.8 Å². The monoisotopic (exact) mass is 277 g/mol. The van der Waals surface area contributed by atoms with Gasteiger partial charge < -0.3 is 10.1 Å². The van der Waals surface area contributed by atoms with Crippen LogP contribution in [0.15, 0.2) is 24.3 Å². The van der Waals surface area contributed by atoms with Gasteiger partial charge in [0.25, 0.3) is 0 Å². The molecule has 20 heavy (non-hydrogen) atoms. The molecule has 2 nitrogen and oxygen atoms in total. The number of rotatable bonds is 11. The van der Waals surface area contributed by atoms with Crippen molar-refractivity contribution in [2.24, 2.45) is 5.92 Å². The Morgan fingerprint density at radius 1 is 1.15 bits per heavy atom. The Morgan fingerprint density at radius 3 is 2.75 bits per heavy atom. The number of nitrogens with one attached hydrogen (secondary N) is 1. The quantitative estimate of drug-likeness (QED) is 0.588. The fourth-order valence-corrected chi connectivity index (χ4v) is 2.07. The van der Waals surface area contributed by atoms with Gasteiger partial charge in [-0.1, -0.05) is 52.2 Å². The van der Waals surface area contributed by atoms with Crippen LogP contribution in [0.1, 0.15) is 58.4 Å². The van der Waals surface area contributed by atoms with E-state index in [9.17, 15) is 0 Å². The van der Waals surface area contributed by atoms with Gasteiger partial charge in [-0.05, 0) is 43.0 Å². The molecule has 0 saturated heterocycles. The third-order valence-corrected chi connectivity index (χ3v) is 3.40. The SMILES string of the molecule is CCCCCCNCc1cccc(OCCC(C)C)c1. The standard InChI is InChI=1S/C18H31NO/c1-4-5-6-7-12-19-15-17-9-8-10-18(14-17)20-13-11-16(2)3/h8-10,14,16,19H,4-7,11-13,15H2,1-3H3. The van der Waals surface area contributed by atoms with Crippen LogP contribution in [0.25, 0.3) is 0 Å². The lowest BCUT2D eigenvalue weighted by Crippen LogP contribution is -2.14. The molecule has 0 spiro atoms. The number of ether oxygens (including phenoxy) is 1. The van der Waals surface area contributed by atoms with E-state index in [1.807, 2.05) is 6.07 Å². The van der Waals surface area contributed by atoms with Gasteiger partial charge >= 0.3 is 0 Å². The van der Waals surface area contributed by atoms with Gasteiger partial charge in [0, 0.05) is 6.54 Å². The molecule has 0 bridgehead atoms. The average molecular weight is 277 g/mol. The van der Waals surface area contributed by atoms with Crippen LogP contribution in [0, 0.1) is 5.92 Å². The zero-order valence-corrected chi connectivity index (χ0v) is 13.5. The zero-order chi connectivity index (χ0) is 14.6. The summed E-state index contributed by atoms with van der Waals surface area (Å²) in [5, 5.41) is 3.51. The summed E-state index contributed by atoms with van der Waals surface area (Å²) in [6.07, 6.45) is 6.37. The van der Waals surface area contributed by atoms with Gasteiger partial charge in [-0.25, -0.2) is 0 Å². The molecule has 0 saturated carbocycles. The first-order valence-electron chi connectivity index (χ1n) is 8.14. The Kier molecular flexibility index (Phi) is 9.14. The molecule has 1 aromatic carbocycles. The van der Waals surface area contributed by atoms with Crippen molar-refractivity contribution in [2.45, 2.75) is 59.4 Å². The lowest BCUT2D eigenvalue weighted by molar-refractivity contribution is 0.289. The molecular weight excluding hydrogens is 246 g/mol. The summed E-state index contributed by atoms with van der Waals surface area (Å²) in [6, 6.07) is 8.44. The van der Waals surface area contributed by atoms with E-state index < -0.39 is 0 Å². The summed E-state index contributed by atoms with van der Waals surface area (Å²) >= 11 is 0. The fourth-order valence-electron chi connectivity index (χ4n) is 2.07. The molecule has 0 heterocycles. The zero-order valence-electron chi connectivity index (χ0n) is 13.5. The minimum Gasteiger partial charge on any atom is -0.494 e. The van der Waals surface area contributed by atoms with E-state index in [1.54, 1.807) is 0 Å². The maximum atomic E-state index is 5.79. The molecule has 0 fully saturated rings. The van der Waals surface area contributed by atoms with Crippen molar-refractivity contribution < 1.29 is 4.74 Å². The van der Waals surface area contributed by atoms with Crippen molar-refractivity contribution >= 4 is 0 Å². The number of hydrogen-bond donors (Lipinski definition) is 1. The highest BCUT2D eigenvalue weighted by molar-refractivity contribution is 5.28. The van der Waals surface area contributed by atoms with Gasteiger partial charge in [-0.2, -0.15) is 0 Å². The van der Waals surface area contributed by atoms with Crippen molar-refractivity contribution in [1.29, 1.82) is 0 Å². The second kappa shape index (κ2) is 10.7. The van der Waals surface area contributed by atoms with E-state index in [0.717, 1.165) is 31.9 Å². The molecule has 0 aliphatic carbocycles. The maximum Gasteiger partial charge on any atom is 0.119 e. The third kappa shape index (κ3) is 8.21. The van der Waals surface area contributed by atoms with E-state index in [0.29, 0.717) is 5.92 Å². The van der Waals surface area contributed by atoms with E-state index in [-0.39, 0.29) is 0 Å². The van der Waals surface area contributed by atoms with Crippen LogP contribution >= 0.6 is 0 Å². The largest absolute Gasteiger partial charge is 0.494 e. The topological polar surface area (TPSA) is 21.3 Å². The molecule has 1 rings (SSSR count). The first-order valence-corrected chi connectivity index (χ1v) is 8.14. The summed E-state index contributed by atoms with van der Waals surface area (Å²) in [4.78, 5) is 0. The summed E-state index contributed by atoms with van der Waals surface area (Å²) < 4.78 is 5.79. The van der Waals surface area contributed by atoms with E-state index >= 15 is 0 Å². The minimum atomic E-state index is 0.697. The molecule has 0 aliphatic rings. The summed E-state index contributed by atoms with van der Waals surface area (Å²) in [7, 11) is 0. The number of unbranched alkanes of at least 4 members (excludes halogenated alkanes) is 3. The highest BCUT2D eigenvalue weighted by Gasteiger charge is 1.99. The molecule has 1 N–H and O–H groups in total. The van der Waals surface area contributed by atoms with Gasteiger partial charge in [-0.15, -0.1) is 0 Å². The van der Waals surface area contributed by atoms with Crippen molar-refractivity contribution in [3.63, 3.8) is 0 Å². The van der Waals surface area contributed by atoms with Gasteiger partial charge in [-0.3, -0.25) is 0 Å². The lowest BCUT2D eigenvalue weighted by Gasteiger charge is -2.10. The fraction of sp³-hybridized carbons (Fsp3) is 0.667. The summed E-state index contributed by atoms with van der Waals surface area (Å²) in [5.41, 5.74) is 1.31. The maximum absolute atomic E-state index is 5.79. The molecule has 0 atom stereocenters. The molecule has 0 unspecified atom stereocenters. The molecule has 114 valence electrons. The van der Waals surface area contributed by atoms with E-state index in [2.05, 4.69) is 44.3 Å². The van der Waals surface area contributed by atoms with Crippen molar-refractivity contribution in [1.82, 2.24) is 5.32 Å². The Hall–Kier alpha value is -1.02. The van der Waals surface area contributed by atoms with Gasteiger partial charge in [0.15, 0.2) is 0 Å². The Morgan fingerprint density at radius 2 is 2.00 bits per heavy atom. The molecular formula is C18H31NO. The predicted molar refractivity (Wildman–Crippen MR) is 87.2 cm³/mol. The first kappa shape index (κ1) is 17.0. The summed E-state index contributed by atoms with van der Waals surface area (Å²) in [5.74, 6) is 1.69. The van der Waals surface area contributed by atoms with Crippen LogP contribution in [-0.4, -0.2) is 13.2 Å². The van der Waals surface area contributed by atoms with Gasteiger partial charge in [0.1, 0.15) is 5.75 Å². The van der Waals surface area contributed by atoms with Gasteiger partial charge in [0.05, 0.1) is 6.61 Å². The highest BCUT2D eigenvalue weighted by Crippen LogP contribution is 2.14. The van der Waals surface area contributed by atoms with Gasteiger partial charge in [0.2, 0.25) is 0 Å². The van der Waals surface area contributed by atoms with E-state index in [4.69, 9.17) is 4.74 Å². The molecule has 0 amide bonds. The number of benzene rings is 1. The second-order valence-corrected chi connectivity index (χ2v) is 5.92. The van der Waals surface area contributed by atoms with Crippen LogP contribution in [0.3, 0.4) is 0 Å². The predicted octanol–water partition coefficient (Wildman–Crippen LogP) is 4.78. The number of hydrogen-bond acceptors (Lipinski definition) is 2. The Balaban J connectivity index is 2.22. The van der Waals surface area contributed by atoms with Crippen LogP contribution in [0.4, 0.5) is 0 Å². The first-order chi connectivity index (χ1) is 9.72. The van der Waals surface area contributed by atoms with Crippen LogP contribution < -0.4 is 10.1 Å². The summed E-state index contributed by atoms with van der Waals surface area (Å²) in [6.45, 7) is 9.56. The molecule has 2 heteroatoms. The normalized spacial score (nSPS) is 11.0. The highest BCUT2D eigenvalue weighted by atomic mass is 16.5. The minimum absolute atomic E-state index is 0.697. The second-order valence-electron chi connectivity index (χ2n) is 5.92. The van der Waals surface area contributed by atoms with Crippen LogP contribution in [-0.2, 0) is 6.54 Å². The van der Waals surface area contributed by atoms with Crippen molar-refractivity contribution in [3.8, 4) is 5.75 Å². The van der Waals surface area contributed by atoms with Crippen LogP contribution in [0.5, 0.6) is 5.75 Å². The smallest absolute Gasteiger partial charge is 0.119 e. The molecule has 1 aromatic rings. The molecule has 0 aliphatic heterocycles. The van der Waals surface area contributed by atoms with Crippen molar-refractivity contribution in [2.75, 3.05) is 13.2 Å². The lowest BCUT2D eigenvalue weighted by atomic mass is 10.1. The third-order valence-electron chi connectivity index (χ3n) is 3.40. The molecule has 0 radical (unpaired) electrons. The average Bonchev–Trinajstić information content (AvgIpc) is 2.43. The van der Waals surface area contributed by atoms with E-state index in [1.165, 1.54) is 31.2 Å².